The lowest BCUT2D eigenvalue weighted by atomic mass is 10.1. The maximum absolute atomic E-state index is 12.2. The van der Waals surface area contributed by atoms with E-state index in [-0.39, 0.29) is 16.6 Å². The molecule has 112 valence electrons. The van der Waals surface area contributed by atoms with Crippen molar-refractivity contribution in [1.82, 2.24) is 4.90 Å². The standard InChI is InChI=1S/C11H15NO6S2/c1-5(3-19-6(2)13)8(14)12-7(10(15)16)4-20-9(12)11(17)18/h5,7,9H,3-4H2,1-2H3,(H,15,16)(H,17,18)/t5-,7+,9-/m1/s1. The van der Waals surface area contributed by atoms with Crippen molar-refractivity contribution in [2.24, 2.45) is 5.92 Å². The summed E-state index contributed by atoms with van der Waals surface area (Å²) < 4.78 is 0. The number of thioether (sulfide) groups is 2. The Morgan fingerprint density at radius 3 is 2.35 bits per heavy atom. The smallest absolute Gasteiger partial charge is 0.337 e. The van der Waals surface area contributed by atoms with Crippen molar-refractivity contribution in [3.8, 4) is 0 Å². The molecular weight excluding hydrogens is 306 g/mol. The summed E-state index contributed by atoms with van der Waals surface area (Å²) in [7, 11) is 0. The molecule has 1 fully saturated rings. The van der Waals surface area contributed by atoms with Gasteiger partial charge in [-0.3, -0.25) is 9.59 Å². The summed E-state index contributed by atoms with van der Waals surface area (Å²) in [5.41, 5.74) is 0. The molecule has 0 bridgehead atoms. The predicted octanol–water partition coefficient (Wildman–Crippen LogP) is 0.342. The molecule has 1 aliphatic rings. The summed E-state index contributed by atoms with van der Waals surface area (Å²) >= 11 is 1.87. The molecule has 7 nitrogen and oxygen atoms in total. The Kier molecular flexibility index (Phi) is 5.88. The van der Waals surface area contributed by atoms with Crippen molar-refractivity contribution in [3.63, 3.8) is 0 Å². The van der Waals surface area contributed by atoms with Gasteiger partial charge in [-0.1, -0.05) is 18.7 Å². The maximum Gasteiger partial charge on any atom is 0.337 e. The van der Waals surface area contributed by atoms with Crippen molar-refractivity contribution in [1.29, 1.82) is 0 Å². The number of carboxylic acids is 2. The third-order valence-electron chi connectivity index (χ3n) is 2.71. The van der Waals surface area contributed by atoms with Crippen LogP contribution in [0.2, 0.25) is 0 Å². The zero-order valence-corrected chi connectivity index (χ0v) is 12.6. The second-order valence-electron chi connectivity index (χ2n) is 4.33. The highest BCUT2D eigenvalue weighted by atomic mass is 32.2. The summed E-state index contributed by atoms with van der Waals surface area (Å²) in [5, 5.41) is 16.8. The van der Waals surface area contributed by atoms with Crippen LogP contribution in [0.5, 0.6) is 0 Å². The molecule has 1 saturated heterocycles. The van der Waals surface area contributed by atoms with E-state index in [4.69, 9.17) is 10.2 Å². The lowest BCUT2D eigenvalue weighted by Crippen LogP contribution is -2.50. The van der Waals surface area contributed by atoms with Gasteiger partial charge in [0.1, 0.15) is 6.04 Å². The molecule has 0 spiro atoms. The van der Waals surface area contributed by atoms with Gasteiger partial charge in [0.25, 0.3) is 0 Å². The lowest BCUT2D eigenvalue weighted by molar-refractivity contribution is -0.155. The number of rotatable bonds is 5. The summed E-state index contributed by atoms with van der Waals surface area (Å²) in [6.45, 7) is 2.92. The number of aliphatic carboxylic acids is 2. The summed E-state index contributed by atoms with van der Waals surface area (Å²) in [6, 6.07) is -1.14. The molecule has 0 aromatic heterocycles. The Morgan fingerprint density at radius 2 is 1.90 bits per heavy atom. The highest BCUT2D eigenvalue weighted by molar-refractivity contribution is 8.13. The number of amides is 1. The van der Waals surface area contributed by atoms with E-state index in [0.717, 1.165) is 28.4 Å². The Bertz CT molecular complexity index is 419. The average molecular weight is 321 g/mol. The van der Waals surface area contributed by atoms with Crippen molar-refractivity contribution in [2.75, 3.05) is 11.5 Å². The maximum atomic E-state index is 12.2. The van der Waals surface area contributed by atoms with Crippen LogP contribution in [0.1, 0.15) is 13.8 Å². The van der Waals surface area contributed by atoms with Crippen LogP contribution in [-0.2, 0) is 19.2 Å². The van der Waals surface area contributed by atoms with E-state index in [0.29, 0.717) is 0 Å². The molecule has 9 heteroatoms. The number of hydrogen-bond donors (Lipinski definition) is 2. The normalized spacial score (nSPS) is 23.4. The largest absolute Gasteiger partial charge is 0.480 e. The monoisotopic (exact) mass is 321 g/mol. The van der Waals surface area contributed by atoms with Crippen LogP contribution < -0.4 is 0 Å². The molecule has 0 saturated carbocycles. The van der Waals surface area contributed by atoms with Gasteiger partial charge >= 0.3 is 11.9 Å². The van der Waals surface area contributed by atoms with Crippen LogP contribution in [0.25, 0.3) is 0 Å². The minimum atomic E-state index is -1.24. The first-order valence-corrected chi connectivity index (χ1v) is 7.82. The quantitative estimate of drug-likeness (QED) is 0.745. The molecule has 20 heavy (non-hydrogen) atoms. The molecule has 0 aromatic carbocycles. The van der Waals surface area contributed by atoms with Crippen LogP contribution in [0.4, 0.5) is 0 Å². The third kappa shape index (κ3) is 3.89. The Labute approximate surface area is 124 Å². The summed E-state index contributed by atoms with van der Waals surface area (Å²) in [5.74, 6) is -3.38. The summed E-state index contributed by atoms with van der Waals surface area (Å²) in [4.78, 5) is 46.3. The molecule has 2 N–H and O–H groups in total. The molecule has 1 rings (SSSR count). The Morgan fingerprint density at radius 1 is 1.30 bits per heavy atom. The number of hydrogen-bond acceptors (Lipinski definition) is 6. The van der Waals surface area contributed by atoms with Gasteiger partial charge in [-0.15, -0.1) is 11.8 Å². The van der Waals surface area contributed by atoms with Gasteiger partial charge in [-0.25, -0.2) is 9.59 Å². The molecule has 1 aliphatic heterocycles. The van der Waals surface area contributed by atoms with Crippen LogP contribution in [0.3, 0.4) is 0 Å². The van der Waals surface area contributed by atoms with Crippen LogP contribution >= 0.6 is 23.5 Å². The first kappa shape index (κ1) is 16.8. The van der Waals surface area contributed by atoms with Crippen LogP contribution in [-0.4, -0.2) is 61.0 Å². The van der Waals surface area contributed by atoms with Crippen molar-refractivity contribution in [3.05, 3.63) is 0 Å². The lowest BCUT2D eigenvalue weighted by Gasteiger charge is -2.27. The average Bonchev–Trinajstić information content (AvgIpc) is 2.79. The fourth-order valence-electron chi connectivity index (χ4n) is 1.72. The fourth-order valence-corrected chi connectivity index (χ4v) is 3.57. The van der Waals surface area contributed by atoms with Gasteiger partial charge in [0.05, 0.1) is 0 Å². The van der Waals surface area contributed by atoms with E-state index in [1.165, 1.54) is 6.92 Å². The van der Waals surface area contributed by atoms with Gasteiger partial charge in [0, 0.05) is 24.3 Å². The third-order valence-corrected chi connectivity index (χ3v) is 5.04. The first-order chi connectivity index (χ1) is 9.25. The van der Waals surface area contributed by atoms with E-state index in [2.05, 4.69) is 0 Å². The van der Waals surface area contributed by atoms with E-state index in [1.807, 2.05) is 0 Å². The summed E-state index contributed by atoms with van der Waals surface area (Å²) in [6.07, 6.45) is 0. The Hall–Kier alpha value is -1.22. The van der Waals surface area contributed by atoms with Crippen molar-refractivity contribution in [2.45, 2.75) is 25.3 Å². The molecule has 1 heterocycles. The van der Waals surface area contributed by atoms with E-state index in [1.54, 1.807) is 6.92 Å². The highest BCUT2D eigenvalue weighted by Gasteiger charge is 2.46. The van der Waals surface area contributed by atoms with Crippen molar-refractivity contribution < 1.29 is 29.4 Å². The molecular formula is C11H15NO6S2. The first-order valence-electron chi connectivity index (χ1n) is 5.78. The molecule has 0 aliphatic carbocycles. The Balaban J connectivity index is 2.86. The molecule has 0 radical (unpaired) electrons. The second kappa shape index (κ2) is 6.98. The molecule has 0 unspecified atom stereocenters. The van der Waals surface area contributed by atoms with Gasteiger partial charge in [0.2, 0.25) is 5.91 Å². The predicted molar refractivity (Wildman–Crippen MR) is 74.5 cm³/mol. The van der Waals surface area contributed by atoms with Gasteiger partial charge in [-0.2, -0.15) is 0 Å². The van der Waals surface area contributed by atoms with E-state index < -0.39 is 35.2 Å². The number of carboxylic acid groups (broad SMARTS) is 2. The van der Waals surface area contributed by atoms with Crippen LogP contribution in [0, 0.1) is 5.92 Å². The minimum absolute atomic E-state index is 0.0462. The molecule has 1 amide bonds. The minimum Gasteiger partial charge on any atom is -0.480 e. The number of carbonyl (C=O) groups excluding carboxylic acids is 2. The zero-order valence-electron chi connectivity index (χ0n) is 10.9. The van der Waals surface area contributed by atoms with Gasteiger partial charge in [0.15, 0.2) is 10.5 Å². The van der Waals surface area contributed by atoms with Crippen molar-refractivity contribution >= 4 is 46.5 Å². The highest BCUT2D eigenvalue weighted by Crippen LogP contribution is 2.31. The van der Waals surface area contributed by atoms with Gasteiger partial charge in [-0.05, 0) is 0 Å². The zero-order chi connectivity index (χ0) is 15.4. The molecule has 0 aromatic rings. The number of carbonyl (C=O) groups is 4. The SMILES string of the molecule is CC(=O)SC[C@@H](C)C(=O)N1[C@@H](C(=O)O)SC[C@H]1C(=O)O. The van der Waals surface area contributed by atoms with E-state index >= 15 is 0 Å². The van der Waals surface area contributed by atoms with E-state index in [9.17, 15) is 19.2 Å². The fraction of sp³-hybridized carbons (Fsp3) is 0.636. The van der Waals surface area contributed by atoms with Crippen LogP contribution in [0.15, 0.2) is 0 Å². The number of nitrogens with zero attached hydrogens (tertiary/aromatic N) is 1. The second-order valence-corrected chi connectivity index (χ2v) is 6.64. The topological polar surface area (TPSA) is 112 Å². The van der Waals surface area contributed by atoms with Gasteiger partial charge < -0.3 is 15.1 Å². The molecule has 3 atom stereocenters.